The summed E-state index contributed by atoms with van der Waals surface area (Å²) in [4.78, 5) is 14.7. The number of hydrogen-bond donors (Lipinski definition) is 2. The van der Waals surface area contributed by atoms with Crippen LogP contribution in [0.4, 0.5) is 5.82 Å². The van der Waals surface area contributed by atoms with Gasteiger partial charge in [-0.25, -0.2) is 4.83 Å². The summed E-state index contributed by atoms with van der Waals surface area (Å²) in [6, 6.07) is 9.50. The van der Waals surface area contributed by atoms with E-state index in [-0.39, 0.29) is 26.7 Å². The summed E-state index contributed by atoms with van der Waals surface area (Å²) < 4.78 is 25.6. The van der Waals surface area contributed by atoms with Gasteiger partial charge in [0.2, 0.25) is 0 Å². The predicted molar refractivity (Wildman–Crippen MR) is 98.7 cm³/mol. The number of aryl methyl sites for hydroxylation is 1. The van der Waals surface area contributed by atoms with Crippen LogP contribution in [0.2, 0.25) is 0 Å². The summed E-state index contributed by atoms with van der Waals surface area (Å²) in [5, 5.41) is 18.7. The Labute approximate surface area is 154 Å². The molecule has 1 aromatic heterocycles. The van der Waals surface area contributed by atoms with Crippen molar-refractivity contribution in [1.29, 1.82) is 10.5 Å². The van der Waals surface area contributed by atoms with Gasteiger partial charge in [-0.05, 0) is 24.8 Å². The van der Waals surface area contributed by atoms with E-state index in [9.17, 15) is 23.7 Å². The molecule has 2 aromatic rings. The lowest BCUT2D eigenvalue weighted by molar-refractivity contribution is 0.594. The molecule has 0 aliphatic heterocycles. The van der Waals surface area contributed by atoms with Gasteiger partial charge in [-0.15, -0.1) is 11.8 Å². The fourth-order valence-corrected chi connectivity index (χ4v) is 4.03. The molecule has 0 bridgehead atoms. The quantitative estimate of drug-likeness (QED) is 0.738. The largest absolute Gasteiger partial charge is 0.382 e. The molecule has 3 N–H and O–H groups in total. The number of aromatic nitrogens is 1. The number of benzene rings is 1. The van der Waals surface area contributed by atoms with Crippen molar-refractivity contribution in [3.8, 4) is 12.1 Å². The number of rotatable bonds is 5. The van der Waals surface area contributed by atoms with Crippen molar-refractivity contribution in [3.63, 3.8) is 0 Å². The van der Waals surface area contributed by atoms with E-state index in [4.69, 9.17) is 5.73 Å². The van der Waals surface area contributed by atoms with Crippen LogP contribution in [0, 0.1) is 29.6 Å². The molecule has 0 aliphatic carbocycles. The first kappa shape index (κ1) is 19.4. The molecular formula is C16H15N5O3S2. The molecule has 26 heavy (non-hydrogen) atoms. The Morgan fingerprint density at radius 2 is 1.77 bits per heavy atom. The maximum Gasteiger partial charge on any atom is 0.290 e. The second kappa shape index (κ2) is 7.52. The molecule has 10 heteroatoms. The minimum atomic E-state index is -4.14. The highest BCUT2D eigenvalue weighted by molar-refractivity contribution is 7.99. The Hall–Kier alpha value is -2.95. The summed E-state index contributed by atoms with van der Waals surface area (Å²) in [7, 11) is -4.14. The van der Waals surface area contributed by atoms with Crippen LogP contribution in [-0.2, 0) is 10.0 Å². The number of sulfonamides is 1. The molecule has 0 atom stereocenters. The summed E-state index contributed by atoms with van der Waals surface area (Å²) in [5.41, 5.74) is 5.31. The van der Waals surface area contributed by atoms with Crippen LogP contribution in [0.5, 0.6) is 0 Å². The van der Waals surface area contributed by atoms with Gasteiger partial charge in [-0.2, -0.15) is 23.6 Å². The lowest BCUT2D eigenvalue weighted by Gasteiger charge is -2.16. The first-order chi connectivity index (χ1) is 12.3. The van der Waals surface area contributed by atoms with E-state index in [0.717, 1.165) is 17.3 Å². The minimum Gasteiger partial charge on any atom is -0.382 e. The monoisotopic (exact) mass is 389 g/mol. The fraction of sp³-hybridized carbons (Fsp3) is 0.188. The summed E-state index contributed by atoms with van der Waals surface area (Å²) in [6.07, 6.45) is 0. The minimum absolute atomic E-state index is 0.0848. The zero-order valence-electron chi connectivity index (χ0n) is 14.0. The van der Waals surface area contributed by atoms with Crippen molar-refractivity contribution in [1.82, 2.24) is 4.68 Å². The average molecular weight is 389 g/mol. The number of thioether (sulfide) groups is 1. The number of nitrogen functional groups attached to an aromatic ring is 1. The Kier molecular flexibility index (Phi) is 5.60. The van der Waals surface area contributed by atoms with Crippen molar-refractivity contribution in [2.24, 2.45) is 0 Å². The molecule has 0 saturated heterocycles. The van der Waals surface area contributed by atoms with E-state index in [1.54, 1.807) is 32.0 Å². The number of nitrogens with zero attached hydrogens (tertiary/aromatic N) is 3. The Morgan fingerprint density at radius 3 is 2.27 bits per heavy atom. The summed E-state index contributed by atoms with van der Waals surface area (Å²) in [6.45, 7) is 3.59. The third-order valence-electron chi connectivity index (χ3n) is 3.42. The maximum atomic E-state index is 12.6. The van der Waals surface area contributed by atoms with E-state index in [2.05, 4.69) is 0 Å². The molecule has 8 nitrogen and oxygen atoms in total. The molecule has 0 spiro atoms. The van der Waals surface area contributed by atoms with Gasteiger partial charge in [0.05, 0.1) is 9.79 Å². The lowest BCUT2D eigenvalue weighted by atomic mass is 10.2. The standard InChI is InChI=1S/C16H15N5O3S2/c1-3-25-14-12(8-17)15(19)21(16(22)13(14)9-18)20-26(23,24)11-6-4-10(2)5-7-11/h4-7,20H,3,19H2,1-2H3. The normalized spacial score (nSPS) is 10.8. The van der Waals surface area contributed by atoms with E-state index in [1.165, 1.54) is 12.1 Å². The Balaban J connectivity index is 2.68. The highest BCUT2D eigenvalue weighted by atomic mass is 32.2. The first-order valence-electron chi connectivity index (χ1n) is 7.37. The number of nitrogens with one attached hydrogen (secondary N) is 1. The van der Waals surface area contributed by atoms with Gasteiger partial charge in [0.15, 0.2) is 0 Å². The van der Waals surface area contributed by atoms with Gasteiger partial charge in [-0.3, -0.25) is 4.79 Å². The zero-order valence-corrected chi connectivity index (χ0v) is 15.6. The molecule has 0 aliphatic rings. The lowest BCUT2D eigenvalue weighted by Crippen LogP contribution is -2.37. The molecule has 2 rings (SSSR count). The fourth-order valence-electron chi connectivity index (χ4n) is 2.15. The topological polar surface area (TPSA) is 142 Å². The van der Waals surface area contributed by atoms with E-state index < -0.39 is 15.6 Å². The van der Waals surface area contributed by atoms with Crippen LogP contribution < -0.4 is 16.1 Å². The van der Waals surface area contributed by atoms with Crippen molar-refractivity contribution >= 4 is 27.6 Å². The number of nitrogens with two attached hydrogens (primary N) is 1. The highest BCUT2D eigenvalue weighted by Gasteiger charge is 2.24. The SMILES string of the molecule is CCSc1c(C#N)c(N)n(NS(=O)(=O)c2ccc(C)cc2)c(=O)c1C#N. The van der Waals surface area contributed by atoms with E-state index in [0.29, 0.717) is 10.4 Å². The molecule has 0 saturated carbocycles. The predicted octanol–water partition coefficient (Wildman–Crippen LogP) is 1.53. The second-order valence-electron chi connectivity index (χ2n) is 5.17. The summed E-state index contributed by atoms with van der Waals surface area (Å²) >= 11 is 1.12. The number of anilines is 1. The van der Waals surface area contributed by atoms with Crippen LogP contribution >= 0.6 is 11.8 Å². The van der Waals surface area contributed by atoms with E-state index >= 15 is 0 Å². The molecule has 134 valence electrons. The highest BCUT2D eigenvalue weighted by Crippen LogP contribution is 2.28. The van der Waals surface area contributed by atoms with Gasteiger partial charge in [0, 0.05) is 0 Å². The molecule has 0 radical (unpaired) electrons. The van der Waals surface area contributed by atoms with Crippen LogP contribution in [0.1, 0.15) is 23.6 Å². The Morgan fingerprint density at radius 1 is 1.19 bits per heavy atom. The van der Waals surface area contributed by atoms with Gasteiger partial charge < -0.3 is 5.73 Å². The second-order valence-corrected chi connectivity index (χ2v) is 8.10. The molecule has 1 aromatic carbocycles. The van der Waals surface area contributed by atoms with Crippen LogP contribution in [0.25, 0.3) is 0 Å². The Bertz CT molecular complexity index is 1090. The number of nitriles is 2. The molecule has 0 amide bonds. The third kappa shape index (κ3) is 3.52. The maximum absolute atomic E-state index is 12.6. The molecular weight excluding hydrogens is 374 g/mol. The average Bonchev–Trinajstić information content (AvgIpc) is 2.60. The number of hydrogen-bond acceptors (Lipinski definition) is 7. The summed E-state index contributed by atoms with van der Waals surface area (Å²) in [5.74, 6) is 0.129. The van der Waals surface area contributed by atoms with Crippen molar-refractivity contribution < 1.29 is 8.42 Å². The van der Waals surface area contributed by atoms with E-state index in [1.807, 2.05) is 10.9 Å². The van der Waals surface area contributed by atoms with Crippen LogP contribution in [0.3, 0.4) is 0 Å². The van der Waals surface area contributed by atoms with Gasteiger partial charge in [0.1, 0.15) is 29.1 Å². The molecule has 0 fully saturated rings. The third-order valence-corrected chi connectivity index (χ3v) is 5.72. The van der Waals surface area contributed by atoms with Crippen LogP contribution in [0.15, 0.2) is 38.9 Å². The van der Waals surface area contributed by atoms with Gasteiger partial charge >= 0.3 is 0 Å². The van der Waals surface area contributed by atoms with Crippen molar-refractivity contribution in [2.75, 3.05) is 16.3 Å². The smallest absolute Gasteiger partial charge is 0.290 e. The van der Waals surface area contributed by atoms with Crippen molar-refractivity contribution in [2.45, 2.75) is 23.6 Å². The van der Waals surface area contributed by atoms with Crippen LogP contribution in [-0.4, -0.2) is 18.8 Å². The van der Waals surface area contributed by atoms with Gasteiger partial charge in [0.25, 0.3) is 15.6 Å². The number of pyridine rings is 1. The molecule has 1 heterocycles. The zero-order chi connectivity index (χ0) is 19.5. The van der Waals surface area contributed by atoms with Crippen molar-refractivity contribution in [3.05, 3.63) is 51.3 Å². The van der Waals surface area contributed by atoms with Gasteiger partial charge in [-0.1, -0.05) is 24.6 Å². The first-order valence-corrected chi connectivity index (χ1v) is 9.84. The molecule has 0 unspecified atom stereocenters.